The van der Waals surface area contributed by atoms with Crippen molar-refractivity contribution in [3.05, 3.63) is 34.2 Å². The fraction of sp³-hybridized carbons (Fsp3) is 0.500. The fourth-order valence-electron chi connectivity index (χ4n) is 2.59. The summed E-state index contributed by atoms with van der Waals surface area (Å²) in [7, 11) is 0. The average Bonchev–Trinajstić information content (AvgIpc) is 2.75. The first kappa shape index (κ1) is 14.8. The van der Waals surface area contributed by atoms with Gasteiger partial charge < -0.3 is 5.32 Å². The highest BCUT2D eigenvalue weighted by Gasteiger charge is 2.15. The third-order valence-electron chi connectivity index (χ3n) is 3.94. The van der Waals surface area contributed by atoms with E-state index in [1.54, 1.807) is 11.3 Å². The van der Waals surface area contributed by atoms with Gasteiger partial charge in [0, 0.05) is 27.5 Å². The van der Waals surface area contributed by atoms with Crippen LogP contribution in [0.5, 0.6) is 0 Å². The Morgan fingerprint density at radius 1 is 1.21 bits per heavy atom. The van der Waals surface area contributed by atoms with Crippen LogP contribution >= 0.6 is 22.9 Å². The molecule has 0 bridgehead atoms. The number of thiophene rings is 1. The Bertz CT molecular complexity index is 531. The van der Waals surface area contributed by atoms with E-state index >= 15 is 0 Å². The topological polar surface area (TPSA) is 12.0 Å². The van der Waals surface area contributed by atoms with Gasteiger partial charge in [0.15, 0.2) is 0 Å². The minimum absolute atomic E-state index is 0.538. The summed E-state index contributed by atoms with van der Waals surface area (Å²) in [6, 6.07) is 8.89. The van der Waals surface area contributed by atoms with Crippen molar-refractivity contribution >= 4 is 33.0 Å². The highest BCUT2D eigenvalue weighted by Crippen LogP contribution is 2.35. The Kier molecular flexibility index (Phi) is 5.26. The van der Waals surface area contributed by atoms with Gasteiger partial charge in [-0.3, -0.25) is 0 Å². The maximum atomic E-state index is 6.46. The van der Waals surface area contributed by atoms with Gasteiger partial charge in [-0.1, -0.05) is 56.5 Å². The molecule has 1 aromatic heterocycles. The van der Waals surface area contributed by atoms with Crippen molar-refractivity contribution in [3.8, 4) is 0 Å². The minimum atomic E-state index is 0.538. The second-order valence-corrected chi connectivity index (χ2v) is 6.60. The van der Waals surface area contributed by atoms with Gasteiger partial charge in [0.25, 0.3) is 0 Å². The van der Waals surface area contributed by atoms with Gasteiger partial charge in [-0.15, -0.1) is 11.3 Å². The summed E-state index contributed by atoms with van der Waals surface area (Å²) in [5.74, 6) is 0.744. The molecule has 0 saturated carbocycles. The molecule has 104 valence electrons. The molecule has 3 heteroatoms. The van der Waals surface area contributed by atoms with E-state index in [2.05, 4.69) is 44.3 Å². The van der Waals surface area contributed by atoms with Crippen molar-refractivity contribution in [2.24, 2.45) is 5.92 Å². The van der Waals surface area contributed by atoms with Gasteiger partial charge >= 0.3 is 0 Å². The normalized spacial score (nSPS) is 13.3. The molecule has 0 aliphatic rings. The molecule has 1 N–H and O–H groups in total. The van der Waals surface area contributed by atoms with Crippen LogP contribution in [-0.4, -0.2) is 6.04 Å². The Morgan fingerprint density at radius 2 is 1.89 bits per heavy atom. The van der Waals surface area contributed by atoms with Gasteiger partial charge in [0.1, 0.15) is 0 Å². The highest BCUT2D eigenvalue weighted by atomic mass is 35.5. The number of nitrogens with one attached hydrogen (secondary N) is 1. The first-order chi connectivity index (χ1) is 9.17. The van der Waals surface area contributed by atoms with Gasteiger partial charge in [-0.05, 0) is 18.9 Å². The molecule has 0 aliphatic heterocycles. The lowest BCUT2D eigenvalue weighted by atomic mass is 9.95. The van der Waals surface area contributed by atoms with E-state index in [1.165, 1.54) is 27.8 Å². The summed E-state index contributed by atoms with van der Waals surface area (Å²) < 4.78 is 1.28. The van der Waals surface area contributed by atoms with E-state index in [-0.39, 0.29) is 0 Å². The number of fused-ring (bicyclic) bond motifs is 1. The van der Waals surface area contributed by atoms with Crippen LogP contribution in [-0.2, 0) is 6.54 Å². The molecule has 1 atom stereocenters. The summed E-state index contributed by atoms with van der Waals surface area (Å²) in [5.41, 5.74) is 0. The molecule has 2 rings (SSSR count). The van der Waals surface area contributed by atoms with Crippen LogP contribution in [0.4, 0.5) is 0 Å². The van der Waals surface area contributed by atoms with E-state index in [4.69, 9.17) is 11.6 Å². The van der Waals surface area contributed by atoms with E-state index in [9.17, 15) is 0 Å². The quantitative estimate of drug-likeness (QED) is 0.745. The third kappa shape index (κ3) is 3.31. The zero-order chi connectivity index (χ0) is 13.8. The average molecular weight is 296 g/mol. The summed E-state index contributed by atoms with van der Waals surface area (Å²) in [4.78, 5) is 1.25. The monoisotopic (exact) mass is 295 g/mol. The Morgan fingerprint density at radius 3 is 2.53 bits per heavy atom. The Hall–Kier alpha value is -0.570. The van der Waals surface area contributed by atoms with Gasteiger partial charge in [-0.2, -0.15) is 0 Å². The maximum Gasteiger partial charge on any atom is 0.0636 e. The maximum absolute atomic E-state index is 6.46. The number of hydrogen-bond acceptors (Lipinski definition) is 2. The zero-order valence-electron chi connectivity index (χ0n) is 11.9. The molecule has 1 nitrogen and oxygen atoms in total. The van der Waals surface area contributed by atoms with Crippen molar-refractivity contribution in [2.45, 2.75) is 46.2 Å². The second kappa shape index (κ2) is 6.74. The van der Waals surface area contributed by atoms with Crippen LogP contribution in [0, 0.1) is 5.92 Å². The molecule has 0 spiro atoms. The molecule has 1 unspecified atom stereocenters. The third-order valence-corrected chi connectivity index (χ3v) is 5.66. The summed E-state index contributed by atoms with van der Waals surface area (Å²) in [5, 5.41) is 5.73. The van der Waals surface area contributed by atoms with Gasteiger partial charge in [0.2, 0.25) is 0 Å². The van der Waals surface area contributed by atoms with Crippen LogP contribution in [0.25, 0.3) is 10.1 Å². The van der Waals surface area contributed by atoms with Crippen molar-refractivity contribution < 1.29 is 0 Å². The van der Waals surface area contributed by atoms with Crippen molar-refractivity contribution in [2.75, 3.05) is 0 Å². The van der Waals surface area contributed by atoms with Gasteiger partial charge in [-0.25, -0.2) is 0 Å². The molecular formula is C16H22ClNS. The van der Waals surface area contributed by atoms with Crippen molar-refractivity contribution in [3.63, 3.8) is 0 Å². The van der Waals surface area contributed by atoms with E-state index in [1.807, 2.05) is 6.07 Å². The second-order valence-electron chi connectivity index (χ2n) is 5.08. The number of hydrogen-bond donors (Lipinski definition) is 1. The number of benzene rings is 1. The SMILES string of the molecule is CCC(CC)C(C)NCc1sc2ccccc2c1Cl. The summed E-state index contributed by atoms with van der Waals surface area (Å²) >= 11 is 8.26. The smallest absolute Gasteiger partial charge is 0.0636 e. The lowest BCUT2D eigenvalue weighted by Crippen LogP contribution is -2.32. The van der Waals surface area contributed by atoms with Crippen LogP contribution in [0.15, 0.2) is 24.3 Å². The highest BCUT2D eigenvalue weighted by molar-refractivity contribution is 7.19. The largest absolute Gasteiger partial charge is 0.309 e. The predicted octanol–water partition coefficient (Wildman–Crippen LogP) is 5.47. The summed E-state index contributed by atoms with van der Waals surface area (Å²) in [6.07, 6.45) is 2.45. The van der Waals surface area contributed by atoms with Crippen molar-refractivity contribution in [1.29, 1.82) is 0 Å². The van der Waals surface area contributed by atoms with E-state index in [0.29, 0.717) is 6.04 Å². The molecule has 1 heterocycles. The van der Waals surface area contributed by atoms with Crippen LogP contribution in [0.3, 0.4) is 0 Å². The zero-order valence-corrected chi connectivity index (χ0v) is 13.4. The molecule has 2 aromatic rings. The van der Waals surface area contributed by atoms with Crippen LogP contribution in [0.1, 0.15) is 38.5 Å². The molecular weight excluding hydrogens is 274 g/mol. The predicted molar refractivity (Wildman–Crippen MR) is 87.2 cm³/mol. The molecule has 0 fully saturated rings. The first-order valence-electron chi connectivity index (χ1n) is 7.06. The number of halogens is 1. The molecule has 0 saturated heterocycles. The lowest BCUT2D eigenvalue weighted by Gasteiger charge is -2.22. The molecule has 0 aliphatic carbocycles. The first-order valence-corrected chi connectivity index (χ1v) is 8.26. The molecule has 1 aromatic carbocycles. The van der Waals surface area contributed by atoms with Crippen molar-refractivity contribution in [1.82, 2.24) is 5.32 Å². The summed E-state index contributed by atoms with van der Waals surface area (Å²) in [6.45, 7) is 7.67. The van der Waals surface area contributed by atoms with E-state index < -0.39 is 0 Å². The Balaban J connectivity index is 2.07. The minimum Gasteiger partial charge on any atom is -0.309 e. The lowest BCUT2D eigenvalue weighted by molar-refractivity contribution is 0.354. The Labute approximate surface area is 125 Å². The van der Waals surface area contributed by atoms with E-state index in [0.717, 1.165) is 17.5 Å². The van der Waals surface area contributed by atoms with Gasteiger partial charge in [0.05, 0.1) is 5.02 Å². The fourth-order valence-corrected chi connectivity index (χ4v) is 4.05. The standard InChI is InChI=1S/C16H22ClNS/c1-4-12(5-2)11(3)18-10-15-16(17)13-8-6-7-9-14(13)19-15/h6-9,11-12,18H,4-5,10H2,1-3H3. The van der Waals surface area contributed by atoms with Crippen LogP contribution in [0.2, 0.25) is 5.02 Å². The number of rotatable bonds is 6. The molecule has 0 radical (unpaired) electrons. The molecule has 19 heavy (non-hydrogen) atoms. The molecule has 0 amide bonds. The van der Waals surface area contributed by atoms with Crippen LogP contribution < -0.4 is 5.32 Å².